The molecule has 2 unspecified atom stereocenters. The minimum absolute atomic E-state index is 0.315. The quantitative estimate of drug-likeness (QED) is 0.898. The Kier molecular flexibility index (Phi) is 4.17. The standard InChI is InChI=1S/C14H22FN3/c1-10-5-3-4-6-13(10)18(2)14-11(8-16)7-12(15)9-17-14/h7,9-10,13H,3-6,8,16H2,1-2H3. The lowest BCUT2D eigenvalue weighted by Crippen LogP contribution is -2.40. The monoisotopic (exact) mass is 251 g/mol. The lowest BCUT2D eigenvalue weighted by atomic mass is 9.85. The van der Waals surface area contributed by atoms with E-state index >= 15 is 0 Å². The Hall–Kier alpha value is -1.16. The molecule has 0 aliphatic heterocycles. The second-order valence-corrected chi connectivity index (χ2v) is 5.28. The average Bonchev–Trinajstić information content (AvgIpc) is 2.38. The van der Waals surface area contributed by atoms with E-state index in [1.165, 1.54) is 37.9 Å². The summed E-state index contributed by atoms with van der Waals surface area (Å²) in [7, 11) is 2.05. The van der Waals surface area contributed by atoms with E-state index < -0.39 is 0 Å². The summed E-state index contributed by atoms with van der Waals surface area (Å²) >= 11 is 0. The van der Waals surface area contributed by atoms with Crippen molar-refractivity contribution in [2.45, 2.75) is 45.2 Å². The summed E-state index contributed by atoms with van der Waals surface area (Å²) in [5, 5.41) is 0. The Morgan fingerprint density at radius 3 is 2.83 bits per heavy atom. The summed E-state index contributed by atoms with van der Waals surface area (Å²) in [5.74, 6) is 1.17. The van der Waals surface area contributed by atoms with Crippen molar-refractivity contribution in [3.8, 4) is 0 Å². The summed E-state index contributed by atoms with van der Waals surface area (Å²) in [4.78, 5) is 6.42. The van der Waals surface area contributed by atoms with Gasteiger partial charge in [0, 0.05) is 25.2 Å². The van der Waals surface area contributed by atoms with Crippen LogP contribution in [0.4, 0.5) is 10.2 Å². The first kappa shape index (κ1) is 13.3. The third kappa shape index (κ3) is 2.64. The smallest absolute Gasteiger partial charge is 0.141 e. The Labute approximate surface area is 108 Å². The number of nitrogens with zero attached hydrogens (tertiary/aromatic N) is 2. The molecule has 18 heavy (non-hydrogen) atoms. The van der Waals surface area contributed by atoms with Crippen molar-refractivity contribution >= 4 is 5.82 Å². The molecule has 1 aromatic heterocycles. The van der Waals surface area contributed by atoms with E-state index in [-0.39, 0.29) is 5.82 Å². The van der Waals surface area contributed by atoms with E-state index in [0.717, 1.165) is 11.4 Å². The average molecular weight is 251 g/mol. The summed E-state index contributed by atoms with van der Waals surface area (Å²) in [6.45, 7) is 2.61. The SMILES string of the molecule is CC1CCCCC1N(C)c1ncc(F)cc1CN. The molecule has 0 amide bonds. The van der Waals surface area contributed by atoms with Crippen LogP contribution in [0.25, 0.3) is 0 Å². The van der Waals surface area contributed by atoms with Gasteiger partial charge in [-0.1, -0.05) is 19.8 Å². The molecule has 1 heterocycles. The highest BCUT2D eigenvalue weighted by Crippen LogP contribution is 2.31. The highest BCUT2D eigenvalue weighted by molar-refractivity contribution is 5.47. The van der Waals surface area contributed by atoms with Crippen LogP contribution in [-0.4, -0.2) is 18.1 Å². The topological polar surface area (TPSA) is 42.2 Å². The molecule has 3 nitrogen and oxygen atoms in total. The molecule has 2 atom stereocenters. The van der Waals surface area contributed by atoms with Gasteiger partial charge in [0.15, 0.2) is 0 Å². The van der Waals surface area contributed by atoms with Crippen LogP contribution in [0.1, 0.15) is 38.2 Å². The predicted molar refractivity (Wildman–Crippen MR) is 71.9 cm³/mol. The first-order chi connectivity index (χ1) is 8.63. The van der Waals surface area contributed by atoms with Crippen molar-refractivity contribution < 1.29 is 4.39 Å². The fourth-order valence-corrected chi connectivity index (χ4v) is 2.97. The van der Waals surface area contributed by atoms with Crippen molar-refractivity contribution in [1.29, 1.82) is 0 Å². The number of anilines is 1. The summed E-state index contributed by atoms with van der Waals surface area (Å²) < 4.78 is 13.2. The number of hydrogen-bond acceptors (Lipinski definition) is 3. The molecule has 1 aliphatic carbocycles. The van der Waals surface area contributed by atoms with Gasteiger partial charge in [0.2, 0.25) is 0 Å². The minimum atomic E-state index is -0.315. The van der Waals surface area contributed by atoms with Crippen molar-refractivity contribution in [2.24, 2.45) is 11.7 Å². The molecule has 1 saturated carbocycles. The first-order valence-corrected chi connectivity index (χ1v) is 6.70. The van der Waals surface area contributed by atoms with Crippen LogP contribution in [0.2, 0.25) is 0 Å². The van der Waals surface area contributed by atoms with Crippen LogP contribution >= 0.6 is 0 Å². The minimum Gasteiger partial charge on any atom is -0.356 e. The van der Waals surface area contributed by atoms with Crippen LogP contribution in [0, 0.1) is 11.7 Å². The van der Waals surface area contributed by atoms with Gasteiger partial charge in [-0.15, -0.1) is 0 Å². The van der Waals surface area contributed by atoms with Crippen LogP contribution in [0.15, 0.2) is 12.3 Å². The van der Waals surface area contributed by atoms with Crippen LogP contribution in [0.3, 0.4) is 0 Å². The van der Waals surface area contributed by atoms with Gasteiger partial charge in [-0.05, 0) is 24.8 Å². The van der Waals surface area contributed by atoms with E-state index in [0.29, 0.717) is 18.5 Å². The van der Waals surface area contributed by atoms with Gasteiger partial charge in [-0.3, -0.25) is 0 Å². The van der Waals surface area contributed by atoms with Gasteiger partial charge in [0.05, 0.1) is 6.20 Å². The third-order valence-corrected chi connectivity index (χ3v) is 4.03. The fraction of sp³-hybridized carbons (Fsp3) is 0.643. The molecule has 4 heteroatoms. The molecule has 0 radical (unpaired) electrons. The maximum absolute atomic E-state index is 13.2. The Morgan fingerprint density at radius 1 is 1.44 bits per heavy atom. The molecule has 0 aromatic carbocycles. The second kappa shape index (κ2) is 5.65. The number of nitrogens with two attached hydrogens (primary N) is 1. The summed E-state index contributed by atoms with van der Waals surface area (Å²) in [5.41, 5.74) is 6.48. The van der Waals surface area contributed by atoms with E-state index in [9.17, 15) is 4.39 Å². The molecule has 2 rings (SSSR count). The van der Waals surface area contributed by atoms with Crippen molar-refractivity contribution in [2.75, 3.05) is 11.9 Å². The third-order valence-electron chi connectivity index (χ3n) is 4.03. The zero-order valence-electron chi connectivity index (χ0n) is 11.2. The van der Waals surface area contributed by atoms with Gasteiger partial charge in [0.1, 0.15) is 11.6 Å². The highest BCUT2D eigenvalue weighted by Gasteiger charge is 2.26. The van der Waals surface area contributed by atoms with Crippen molar-refractivity contribution in [3.63, 3.8) is 0 Å². The van der Waals surface area contributed by atoms with Crippen molar-refractivity contribution in [1.82, 2.24) is 4.98 Å². The predicted octanol–water partition coefficient (Wildman–Crippen LogP) is 2.69. The molecule has 0 spiro atoms. The highest BCUT2D eigenvalue weighted by atomic mass is 19.1. The number of pyridine rings is 1. The van der Waals surface area contributed by atoms with E-state index in [1.54, 1.807) is 0 Å². The summed E-state index contributed by atoms with van der Waals surface area (Å²) in [6, 6.07) is 1.98. The van der Waals surface area contributed by atoms with Gasteiger partial charge < -0.3 is 10.6 Å². The molecule has 0 saturated heterocycles. The van der Waals surface area contributed by atoms with E-state index in [4.69, 9.17) is 5.73 Å². The van der Waals surface area contributed by atoms with Gasteiger partial charge in [0.25, 0.3) is 0 Å². The van der Waals surface area contributed by atoms with Crippen LogP contribution < -0.4 is 10.6 Å². The zero-order valence-corrected chi connectivity index (χ0v) is 11.2. The fourth-order valence-electron chi connectivity index (χ4n) is 2.97. The summed E-state index contributed by atoms with van der Waals surface area (Å²) in [6.07, 6.45) is 6.29. The largest absolute Gasteiger partial charge is 0.356 e. The van der Waals surface area contributed by atoms with E-state index in [2.05, 4.69) is 16.8 Å². The van der Waals surface area contributed by atoms with Gasteiger partial charge in [-0.25, -0.2) is 9.37 Å². The molecular formula is C14H22FN3. The molecule has 0 bridgehead atoms. The Morgan fingerprint density at radius 2 is 2.17 bits per heavy atom. The molecule has 2 N–H and O–H groups in total. The first-order valence-electron chi connectivity index (χ1n) is 6.70. The lowest BCUT2D eigenvalue weighted by Gasteiger charge is -2.37. The zero-order chi connectivity index (χ0) is 13.1. The number of halogens is 1. The molecular weight excluding hydrogens is 229 g/mol. The molecule has 100 valence electrons. The van der Waals surface area contributed by atoms with Gasteiger partial charge >= 0.3 is 0 Å². The second-order valence-electron chi connectivity index (χ2n) is 5.28. The van der Waals surface area contributed by atoms with Crippen molar-refractivity contribution in [3.05, 3.63) is 23.6 Å². The Balaban J connectivity index is 2.24. The normalized spacial score (nSPS) is 24.0. The Bertz CT molecular complexity index is 408. The van der Waals surface area contributed by atoms with Gasteiger partial charge in [-0.2, -0.15) is 0 Å². The molecule has 1 aliphatic rings. The van der Waals surface area contributed by atoms with E-state index in [1.807, 2.05) is 7.05 Å². The number of rotatable bonds is 3. The number of aromatic nitrogens is 1. The van der Waals surface area contributed by atoms with Crippen LogP contribution in [-0.2, 0) is 6.54 Å². The maximum Gasteiger partial charge on any atom is 0.141 e. The lowest BCUT2D eigenvalue weighted by molar-refractivity contribution is 0.320. The number of hydrogen-bond donors (Lipinski definition) is 1. The molecule has 1 aromatic rings. The van der Waals surface area contributed by atoms with Crippen LogP contribution in [0.5, 0.6) is 0 Å². The molecule has 1 fully saturated rings. The maximum atomic E-state index is 13.2.